The Bertz CT molecular complexity index is 953. The zero-order chi connectivity index (χ0) is 20.6. The summed E-state index contributed by atoms with van der Waals surface area (Å²) in [4.78, 5) is 6.27. The van der Waals surface area contributed by atoms with Crippen LogP contribution >= 0.6 is 12.2 Å². The SMILES string of the molecule is CCOc1ccc(CN(C)Cn2nc(-c3ccncc3)n(CCOC)c2=S)cc1. The minimum Gasteiger partial charge on any atom is -0.494 e. The van der Waals surface area contributed by atoms with Crippen molar-refractivity contribution in [2.24, 2.45) is 0 Å². The fraction of sp³-hybridized carbons (Fsp3) is 0.381. The molecule has 0 unspecified atom stereocenters. The molecule has 2 aromatic heterocycles. The zero-order valence-corrected chi connectivity index (χ0v) is 17.9. The predicted molar refractivity (Wildman–Crippen MR) is 115 cm³/mol. The average molecular weight is 414 g/mol. The van der Waals surface area contributed by atoms with Crippen LogP contribution in [-0.2, 0) is 24.5 Å². The second kappa shape index (κ2) is 10.3. The molecule has 0 bridgehead atoms. The summed E-state index contributed by atoms with van der Waals surface area (Å²) in [6, 6.07) is 12.0. The topological polar surface area (TPSA) is 57.3 Å². The number of hydrogen-bond donors (Lipinski definition) is 0. The maximum Gasteiger partial charge on any atom is 0.199 e. The molecule has 154 valence electrons. The zero-order valence-electron chi connectivity index (χ0n) is 17.1. The van der Waals surface area contributed by atoms with Gasteiger partial charge in [-0.15, -0.1) is 0 Å². The lowest BCUT2D eigenvalue weighted by molar-refractivity contribution is 0.186. The summed E-state index contributed by atoms with van der Waals surface area (Å²) in [5, 5.41) is 4.78. The highest BCUT2D eigenvalue weighted by atomic mass is 32.1. The third-order valence-corrected chi connectivity index (χ3v) is 4.87. The number of ether oxygens (including phenoxy) is 2. The van der Waals surface area contributed by atoms with Gasteiger partial charge in [0.2, 0.25) is 0 Å². The van der Waals surface area contributed by atoms with Gasteiger partial charge in [-0.2, -0.15) is 5.10 Å². The van der Waals surface area contributed by atoms with Crippen LogP contribution in [0.5, 0.6) is 5.75 Å². The molecule has 0 aliphatic rings. The van der Waals surface area contributed by atoms with Gasteiger partial charge in [0.05, 0.1) is 26.4 Å². The standard InChI is InChI=1S/C21H27N5O2S/c1-4-28-19-7-5-17(6-8-19)15-24(2)16-26-21(29)25(13-14-27-3)20(23-26)18-9-11-22-12-10-18/h5-12H,4,13-16H2,1-3H3. The summed E-state index contributed by atoms with van der Waals surface area (Å²) in [7, 11) is 3.74. The Balaban J connectivity index is 1.77. The van der Waals surface area contributed by atoms with E-state index in [1.807, 2.05) is 40.4 Å². The molecule has 1 aromatic carbocycles. The first kappa shape index (κ1) is 21.2. The van der Waals surface area contributed by atoms with Gasteiger partial charge >= 0.3 is 0 Å². The molecular weight excluding hydrogens is 386 g/mol. The Morgan fingerprint density at radius 3 is 2.48 bits per heavy atom. The van der Waals surface area contributed by atoms with Gasteiger partial charge in [-0.1, -0.05) is 12.1 Å². The lowest BCUT2D eigenvalue weighted by Crippen LogP contribution is -2.22. The fourth-order valence-electron chi connectivity index (χ4n) is 3.08. The van der Waals surface area contributed by atoms with Gasteiger partial charge in [-0.25, -0.2) is 4.68 Å². The smallest absolute Gasteiger partial charge is 0.199 e. The van der Waals surface area contributed by atoms with Crippen molar-refractivity contribution in [3.8, 4) is 17.1 Å². The number of pyridine rings is 1. The van der Waals surface area contributed by atoms with E-state index in [1.54, 1.807) is 19.5 Å². The summed E-state index contributed by atoms with van der Waals surface area (Å²) in [6.07, 6.45) is 3.52. The van der Waals surface area contributed by atoms with E-state index in [4.69, 9.17) is 26.8 Å². The van der Waals surface area contributed by atoms with Crippen molar-refractivity contribution >= 4 is 12.2 Å². The van der Waals surface area contributed by atoms with Crippen LogP contribution in [0.25, 0.3) is 11.4 Å². The highest BCUT2D eigenvalue weighted by Crippen LogP contribution is 2.18. The Hall–Kier alpha value is -2.55. The number of nitrogens with zero attached hydrogens (tertiary/aromatic N) is 5. The Labute approximate surface area is 176 Å². The lowest BCUT2D eigenvalue weighted by atomic mass is 10.2. The van der Waals surface area contributed by atoms with E-state index < -0.39 is 0 Å². The predicted octanol–water partition coefficient (Wildman–Crippen LogP) is 3.61. The Morgan fingerprint density at radius 2 is 1.83 bits per heavy atom. The van der Waals surface area contributed by atoms with Crippen molar-refractivity contribution in [3.05, 3.63) is 59.1 Å². The highest BCUT2D eigenvalue weighted by molar-refractivity contribution is 7.71. The molecule has 0 atom stereocenters. The van der Waals surface area contributed by atoms with Gasteiger partial charge in [-0.05, 0) is 56.0 Å². The van der Waals surface area contributed by atoms with Crippen LogP contribution in [0.15, 0.2) is 48.8 Å². The van der Waals surface area contributed by atoms with Gasteiger partial charge in [0.25, 0.3) is 0 Å². The first-order chi connectivity index (χ1) is 14.1. The van der Waals surface area contributed by atoms with Crippen molar-refractivity contribution in [1.82, 2.24) is 24.2 Å². The number of hydrogen-bond acceptors (Lipinski definition) is 6. The van der Waals surface area contributed by atoms with E-state index in [0.29, 0.717) is 31.2 Å². The van der Waals surface area contributed by atoms with Gasteiger partial charge in [0, 0.05) is 31.6 Å². The molecule has 0 saturated heterocycles. The lowest BCUT2D eigenvalue weighted by Gasteiger charge is -2.16. The van der Waals surface area contributed by atoms with Crippen LogP contribution in [0.3, 0.4) is 0 Å². The summed E-state index contributed by atoms with van der Waals surface area (Å²) >= 11 is 5.70. The van der Waals surface area contributed by atoms with Gasteiger partial charge in [0.15, 0.2) is 10.6 Å². The third kappa shape index (κ3) is 5.50. The third-order valence-electron chi connectivity index (χ3n) is 4.44. The molecule has 0 fully saturated rings. The normalized spacial score (nSPS) is 11.2. The van der Waals surface area contributed by atoms with Gasteiger partial charge in [-0.3, -0.25) is 14.5 Å². The molecule has 3 rings (SSSR count). The molecule has 29 heavy (non-hydrogen) atoms. The summed E-state index contributed by atoms with van der Waals surface area (Å²) in [6.45, 7) is 5.24. The van der Waals surface area contributed by atoms with Crippen molar-refractivity contribution in [1.29, 1.82) is 0 Å². The monoisotopic (exact) mass is 413 g/mol. The van der Waals surface area contributed by atoms with Crippen LogP contribution in [0.1, 0.15) is 12.5 Å². The number of benzene rings is 1. The maximum atomic E-state index is 5.70. The molecule has 8 heteroatoms. The summed E-state index contributed by atoms with van der Waals surface area (Å²) in [5.74, 6) is 1.71. The Kier molecular flexibility index (Phi) is 7.51. The summed E-state index contributed by atoms with van der Waals surface area (Å²) in [5.41, 5.74) is 2.19. The molecule has 3 aromatic rings. The second-order valence-electron chi connectivity index (χ2n) is 6.72. The molecule has 2 heterocycles. The van der Waals surface area contributed by atoms with Crippen molar-refractivity contribution in [2.75, 3.05) is 27.4 Å². The van der Waals surface area contributed by atoms with Crippen molar-refractivity contribution in [2.45, 2.75) is 26.7 Å². The van der Waals surface area contributed by atoms with Crippen LogP contribution in [-0.4, -0.2) is 51.6 Å². The van der Waals surface area contributed by atoms with E-state index >= 15 is 0 Å². The number of aromatic nitrogens is 4. The van der Waals surface area contributed by atoms with E-state index in [-0.39, 0.29) is 0 Å². The van der Waals surface area contributed by atoms with Gasteiger partial charge < -0.3 is 9.47 Å². The summed E-state index contributed by atoms with van der Waals surface area (Å²) < 4.78 is 15.3. The van der Waals surface area contributed by atoms with Crippen LogP contribution < -0.4 is 4.74 Å². The molecule has 0 saturated carbocycles. The number of rotatable bonds is 10. The number of methoxy groups -OCH3 is 1. The van der Waals surface area contributed by atoms with Crippen LogP contribution in [0, 0.1) is 4.77 Å². The van der Waals surface area contributed by atoms with Crippen molar-refractivity contribution < 1.29 is 9.47 Å². The molecule has 0 aliphatic heterocycles. The maximum absolute atomic E-state index is 5.70. The average Bonchev–Trinajstić information content (AvgIpc) is 3.04. The fourth-order valence-corrected chi connectivity index (χ4v) is 3.36. The first-order valence-electron chi connectivity index (χ1n) is 9.59. The van der Waals surface area contributed by atoms with Crippen LogP contribution in [0.4, 0.5) is 0 Å². The van der Waals surface area contributed by atoms with E-state index in [9.17, 15) is 0 Å². The highest BCUT2D eigenvalue weighted by Gasteiger charge is 2.14. The molecule has 0 aliphatic carbocycles. The van der Waals surface area contributed by atoms with Crippen molar-refractivity contribution in [3.63, 3.8) is 0 Å². The van der Waals surface area contributed by atoms with E-state index in [0.717, 1.165) is 23.7 Å². The first-order valence-corrected chi connectivity index (χ1v) is 10.0. The largest absolute Gasteiger partial charge is 0.494 e. The van der Waals surface area contributed by atoms with Gasteiger partial charge in [0.1, 0.15) is 5.75 Å². The quantitative estimate of drug-likeness (QED) is 0.473. The molecule has 0 amide bonds. The molecule has 0 spiro atoms. The molecular formula is C21H27N5O2S. The Morgan fingerprint density at radius 1 is 1.10 bits per heavy atom. The van der Waals surface area contributed by atoms with E-state index in [1.165, 1.54) is 5.56 Å². The molecule has 0 radical (unpaired) electrons. The minimum absolute atomic E-state index is 0.570. The second-order valence-corrected chi connectivity index (χ2v) is 7.08. The molecule has 0 N–H and O–H groups in total. The minimum atomic E-state index is 0.570. The van der Waals surface area contributed by atoms with E-state index in [2.05, 4.69) is 29.1 Å². The molecule has 7 nitrogen and oxygen atoms in total. The van der Waals surface area contributed by atoms with Crippen LogP contribution in [0.2, 0.25) is 0 Å².